The summed E-state index contributed by atoms with van der Waals surface area (Å²) in [4.78, 5) is 2.31. The predicted molar refractivity (Wildman–Crippen MR) is 114 cm³/mol. The van der Waals surface area contributed by atoms with Crippen LogP contribution in [0.4, 0.5) is 0 Å². The number of aliphatic hydroxyl groups excluding tert-OH is 1. The normalized spacial score (nSPS) is 31.5. The van der Waals surface area contributed by atoms with Gasteiger partial charge in [0.25, 0.3) is 0 Å². The summed E-state index contributed by atoms with van der Waals surface area (Å²) in [5, 5.41) is 10.7. The highest BCUT2D eigenvalue weighted by Gasteiger charge is 2.61. The monoisotopic (exact) mass is 403 g/mol. The zero-order valence-corrected chi connectivity index (χ0v) is 18.7. The van der Waals surface area contributed by atoms with Gasteiger partial charge in [-0.1, -0.05) is 20.8 Å². The molecule has 2 saturated carbocycles. The molecule has 0 saturated heterocycles. The maximum atomic E-state index is 10.7. The standard InChI is InChI=1S/C24H37NO4/c1-23(2)18-6-8-24(23,3)22(12-18)29-15-19(26)14-25-9-7-16-10-20(27-4)21(28-5)11-17(16)13-25/h10-11,18-19,22,26H,6-9,12-15H2,1-5H3/t18-,19+,22+,24-/m0/s1. The number of β-amino-alcohol motifs (C(OH)–C–C–N with tert-alkyl or cyclic N) is 1. The number of hydrogen-bond donors (Lipinski definition) is 1. The van der Waals surface area contributed by atoms with Gasteiger partial charge in [0.2, 0.25) is 0 Å². The molecule has 5 heteroatoms. The van der Waals surface area contributed by atoms with E-state index in [1.165, 1.54) is 24.0 Å². The van der Waals surface area contributed by atoms with Crippen LogP contribution < -0.4 is 9.47 Å². The van der Waals surface area contributed by atoms with Crippen LogP contribution in [0.25, 0.3) is 0 Å². The number of nitrogens with zero attached hydrogens (tertiary/aromatic N) is 1. The van der Waals surface area contributed by atoms with Crippen molar-refractivity contribution in [2.24, 2.45) is 16.7 Å². The lowest BCUT2D eigenvalue weighted by Crippen LogP contribution is -2.41. The largest absolute Gasteiger partial charge is 0.493 e. The Bertz CT molecular complexity index is 749. The Hall–Kier alpha value is -1.30. The fraction of sp³-hybridized carbons (Fsp3) is 0.750. The van der Waals surface area contributed by atoms with Crippen LogP contribution in [0.15, 0.2) is 12.1 Å². The third kappa shape index (κ3) is 3.55. The predicted octanol–water partition coefficient (Wildman–Crippen LogP) is 3.65. The van der Waals surface area contributed by atoms with Crippen molar-refractivity contribution in [1.29, 1.82) is 0 Å². The van der Waals surface area contributed by atoms with Crippen molar-refractivity contribution >= 4 is 0 Å². The summed E-state index contributed by atoms with van der Waals surface area (Å²) in [6, 6.07) is 4.16. The van der Waals surface area contributed by atoms with E-state index < -0.39 is 6.10 Å². The molecular weight excluding hydrogens is 366 g/mol. The number of ether oxygens (including phenoxy) is 3. The highest BCUT2D eigenvalue weighted by molar-refractivity contribution is 5.48. The van der Waals surface area contributed by atoms with Gasteiger partial charge in [-0.15, -0.1) is 0 Å². The van der Waals surface area contributed by atoms with E-state index in [9.17, 15) is 5.11 Å². The second-order valence-corrected chi connectivity index (χ2v) is 10.0. The molecule has 4 atom stereocenters. The minimum atomic E-state index is -0.456. The van der Waals surface area contributed by atoms with E-state index in [0.29, 0.717) is 18.6 Å². The molecule has 162 valence electrons. The first-order valence-electron chi connectivity index (χ1n) is 11.0. The lowest BCUT2D eigenvalue weighted by molar-refractivity contribution is -0.0798. The summed E-state index contributed by atoms with van der Waals surface area (Å²) in [5.41, 5.74) is 3.15. The van der Waals surface area contributed by atoms with Crippen molar-refractivity contribution in [2.45, 2.75) is 65.2 Å². The zero-order chi connectivity index (χ0) is 20.8. The van der Waals surface area contributed by atoms with Gasteiger partial charge in [0, 0.05) is 19.6 Å². The smallest absolute Gasteiger partial charge is 0.161 e. The van der Waals surface area contributed by atoms with Crippen molar-refractivity contribution in [3.8, 4) is 11.5 Å². The highest BCUT2D eigenvalue weighted by atomic mass is 16.5. The van der Waals surface area contributed by atoms with Crippen molar-refractivity contribution in [2.75, 3.05) is 33.9 Å². The molecule has 0 spiro atoms. The zero-order valence-electron chi connectivity index (χ0n) is 18.7. The molecule has 0 amide bonds. The molecule has 5 nitrogen and oxygen atoms in total. The molecule has 1 heterocycles. The molecular formula is C24H37NO4. The van der Waals surface area contributed by atoms with Crippen LogP contribution in [0.3, 0.4) is 0 Å². The average Bonchev–Trinajstić information content (AvgIpc) is 3.04. The topological polar surface area (TPSA) is 51.2 Å². The fourth-order valence-corrected chi connectivity index (χ4v) is 6.06. The van der Waals surface area contributed by atoms with Gasteiger partial charge in [-0.3, -0.25) is 4.90 Å². The molecule has 2 aliphatic carbocycles. The SMILES string of the molecule is COc1cc2c(cc1OC)CN(C[C@@H](O)CO[C@@H]1C[C@@H]3CC[C@]1(C)C3(C)C)CC2. The molecule has 1 aliphatic heterocycles. The van der Waals surface area contributed by atoms with Crippen LogP contribution in [0, 0.1) is 16.7 Å². The maximum Gasteiger partial charge on any atom is 0.161 e. The second kappa shape index (κ2) is 7.75. The average molecular weight is 404 g/mol. The first-order valence-corrected chi connectivity index (χ1v) is 11.0. The van der Waals surface area contributed by atoms with E-state index >= 15 is 0 Å². The Kier molecular flexibility index (Phi) is 5.60. The molecule has 2 bridgehead atoms. The summed E-state index contributed by atoms with van der Waals surface area (Å²) in [6.45, 7) is 10.0. The Balaban J connectivity index is 1.32. The minimum Gasteiger partial charge on any atom is -0.493 e. The van der Waals surface area contributed by atoms with Crippen LogP contribution in [0.5, 0.6) is 11.5 Å². The van der Waals surface area contributed by atoms with Crippen LogP contribution in [0.2, 0.25) is 0 Å². The van der Waals surface area contributed by atoms with E-state index in [4.69, 9.17) is 14.2 Å². The van der Waals surface area contributed by atoms with Gasteiger partial charge in [0.15, 0.2) is 11.5 Å². The summed E-state index contributed by atoms with van der Waals surface area (Å²) in [5.74, 6) is 2.32. The van der Waals surface area contributed by atoms with Crippen LogP contribution in [0.1, 0.15) is 51.2 Å². The van der Waals surface area contributed by atoms with E-state index in [0.717, 1.165) is 43.3 Å². The molecule has 0 unspecified atom stereocenters. The number of rotatable bonds is 7. The summed E-state index contributed by atoms with van der Waals surface area (Å²) in [6.07, 6.45) is 4.51. The number of methoxy groups -OCH3 is 2. The molecule has 29 heavy (non-hydrogen) atoms. The fourth-order valence-electron chi connectivity index (χ4n) is 6.06. The Morgan fingerprint density at radius 1 is 1.14 bits per heavy atom. The summed E-state index contributed by atoms with van der Waals surface area (Å²) in [7, 11) is 3.34. The third-order valence-electron chi connectivity index (χ3n) is 8.47. The molecule has 3 aliphatic rings. The first kappa shape index (κ1) is 21.0. The van der Waals surface area contributed by atoms with Crippen LogP contribution >= 0.6 is 0 Å². The molecule has 1 N–H and O–H groups in total. The van der Waals surface area contributed by atoms with Crippen LogP contribution in [-0.2, 0) is 17.7 Å². The number of fused-ring (bicyclic) bond motifs is 3. The van der Waals surface area contributed by atoms with Gasteiger partial charge in [0.05, 0.1) is 33.0 Å². The van der Waals surface area contributed by atoms with Gasteiger partial charge in [-0.2, -0.15) is 0 Å². The van der Waals surface area contributed by atoms with Crippen molar-refractivity contribution in [3.05, 3.63) is 23.3 Å². The maximum absolute atomic E-state index is 10.7. The van der Waals surface area contributed by atoms with Gasteiger partial charge < -0.3 is 19.3 Å². The summed E-state index contributed by atoms with van der Waals surface area (Å²) >= 11 is 0. The second-order valence-electron chi connectivity index (χ2n) is 10.0. The summed E-state index contributed by atoms with van der Waals surface area (Å²) < 4.78 is 17.2. The Labute approximate surface area is 175 Å². The van der Waals surface area contributed by atoms with E-state index in [1.807, 2.05) is 0 Å². The quantitative estimate of drug-likeness (QED) is 0.753. The highest BCUT2D eigenvalue weighted by Crippen LogP contribution is 2.66. The van der Waals surface area contributed by atoms with Crippen molar-refractivity contribution in [3.63, 3.8) is 0 Å². The third-order valence-corrected chi connectivity index (χ3v) is 8.47. The first-order chi connectivity index (χ1) is 13.8. The minimum absolute atomic E-state index is 0.247. The lowest BCUT2D eigenvalue weighted by atomic mass is 9.70. The Morgan fingerprint density at radius 2 is 1.83 bits per heavy atom. The van der Waals surface area contributed by atoms with Gasteiger partial charge in [0.1, 0.15) is 0 Å². The number of aliphatic hydroxyl groups is 1. The Morgan fingerprint density at radius 3 is 2.41 bits per heavy atom. The van der Waals surface area contributed by atoms with Gasteiger partial charge in [-0.05, 0) is 65.7 Å². The molecule has 1 aromatic rings. The molecule has 4 rings (SSSR count). The van der Waals surface area contributed by atoms with Gasteiger partial charge in [-0.25, -0.2) is 0 Å². The van der Waals surface area contributed by atoms with E-state index in [2.05, 4.69) is 37.8 Å². The number of hydrogen-bond acceptors (Lipinski definition) is 5. The van der Waals surface area contributed by atoms with Crippen molar-refractivity contribution < 1.29 is 19.3 Å². The molecule has 1 aromatic carbocycles. The molecule has 2 fully saturated rings. The van der Waals surface area contributed by atoms with Crippen LogP contribution in [-0.4, -0.2) is 56.1 Å². The van der Waals surface area contributed by atoms with E-state index in [-0.39, 0.29) is 11.5 Å². The molecule has 0 radical (unpaired) electrons. The van der Waals surface area contributed by atoms with E-state index in [1.54, 1.807) is 14.2 Å². The molecule has 0 aromatic heterocycles. The van der Waals surface area contributed by atoms with Gasteiger partial charge >= 0.3 is 0 Å². The number of benzene rings is 1. The van der Waals surface area contributed by atoms with Crippen molar-refractivity contribution in [1.82, 2.24) is 4.90 Å². The lowest BCUT2D eigenvalue weighted by Gasteiger charge is -2.39.